The fraction of sp³-hybridized carbons (Fsp3) is 0.118. The third-order valence-corrected chi connectivity index (χ3v) is 3.93. The number of halogens is 5. The van der Waals surface area contributed by atoms with E-state index in [1.807, 2.05) is 0 Å². The van der Waals surface area contributed by atoms with Crippen LogP contribution in [0.3, 0.4) is 0 Å². The molecule has 0 unspecified atom stereocenters. The second kappa shape index (κ2) is 8.07. The van der Waals surface area contributed by atoms with E-state index < -0.39 is 6.36 Å². The highest BCUT2D eigenvalue weighted by molar-refractivity contribution is 6.37. The molecule has 3 rings (SSSR count). The molecule has 0 radical (unpaired) electrons. The molecular weight excluding hydrogens is 422 g/mol. The third kappa shape index (κ3) is 5.14. The minimum atomic E-state index is -4.78. The van der Waals surface area contributed by atoms with E-state index in [2.05, 4.69) is 19.9 Å². The number of phenolic OH excluding ortho intramolecular Hbond substituents is 1. The Kier molecular flexibility index (Phi) is 5.76. The summed E-state index contributed by atoms with van der Waals surface area (Å²) in [6, 6.07) is 8.14. The van der Waals surface area contributed by atoms with Gasteiger partial charge in [0, 0.05) is 5.56 Å². The molecule has 2 aromatic carbocycles. The predicted octanol–water partition coefficient (Wildman–Crippen LogP) is 5.03. The average Bonchev–Trinajstić information content (AvgIpc) is 2.63. The number of aromatic nitrogens is 3. The van der Waals surface area contributed by atoms with Crippen LogP contribution in [-0.2, 0) is 6.61 Å². The highest BCUT2D eigenvalue weighted by atomic mass is 35.5. The van der Waals surface area contributed by atoms with Crippen LogP contribution in [0, 0.1) is 0 Å². The summed E-state index contributed by atoms with van der Waals surface area (Å²) in [5.41, 5.74) is 1.24. The molecule has 0 amide bonds. The summed E-state index contributed by atoms with van der Waals surface area (Å²) in [5, 5.41) is 17.4. The fourth-order valence-corrected chi connectivity index (χ4v) is 2.64. The van der Waals surface area contributed by atoms with Gasteiger partial charge < -0.3 is 14.6 Å². The lowest BCUT2D eigenvalue weighted by atomic mass is 10.1. The number of benzene rings is 2. The molecule has 1 aromatic heterocycles. The summed E-state index contributed by atoms with van der Waals surface area (Å²) in [4.78, 5) is 3.98. The normalized spacial score (nSPS) is 11.3. The fourth-order valence-electron chi connectivity index (χ4n) is 2.16. The topological polar surface area (TPSA) is 77.4 Å². The standard InChI is InChI=1S/C17H10Cl2F3N3O3/c18-12-5-10(6-13(19)15(12)26)14-7-23-16(25-24-14)27-8-9-2-1-3-11(4-9)28-17(20,21)22/h1-7,26H,8H2. The molecule has 146 valence electrons. The first kappa shape index (κ1) is 20.0. The van der Waals surface area contributed by atoms with Crippen molar-refractivity contribution in [3.8, 4) is 28.8 Å². The van der Waals surface area contributed by atoms with Crippen molar-refractivity contribution in [3.05, 3.63) is 58.2 Å². The van der Waals surface area contributed by atoms with Gasteiger partial charge in [-0.3, -0.25) is 0 Å². The van der Waals surface area contributed by atoms with Crippen LogP contribution < -0.4 is 9.47 Å². The van der Waals surface area contributed by atoms with E-state index in [-0.39, 0.29) is 34.2 Å². The number of phenols is 1. The van der Waals surface area contributed by atoms with E-state index in [4.69, 9.17) is 27.9 Å². The van der Waals surface area contributed by atoms with Crippen molar-refractivity contribution in [2.24, 2.45) is 0 Å². The van der Waals surface area contributed by atoms with Crippen molar-refractivity contribution in [2.45, 2.75) is 13.0 Å². The summed E-state index contributed by atoms with van der Waals surface area (Å²) in [6.07, 6.45) is -3.42. The zero-order chi connectivity index (χ0) is 20.3. The first-order chi connectivity index (χ1) is 13.2. The van der Waals surface area contributed by atoms with Crippen LogP contribution >= 0.6 is 23.2 Å². The number of ether oxygens (including phenoxy) is 2. The summed E-state index contributed by atoms with van der Waals surface area (Å²) in [7, 11) is 0. The van der Waals surface area contributed by atoms with Crippen molar-refractivity contribution in [1.82, 2.24) is 15.2 Å². The van der Waals surface area contributed by atoms with Gasteiger partial charge in [0.15, 0.2) is 5.75 Å². The third-order valence-electron chi connectivity index (χ3n) is 3.35. The quantitative estimate of drug-likeness (QED) is 0.610. The van der Waals surface area contributed by atoms with Gasteiger partial charge in [0.25, 0.3) is 0 Å². The Hall–Kier alpha value is -2.78. The molecular formula is C17H10Cl2F3N3O3. The van der Waals surface area contributed by atoms with Gasteiger partial charge in [-0.05, 0) is 29.8 Å². The molecule has 28 heavy (non-hydrogen) atoms. The number of alkyl halides is 3. The van der Waals surface area contributed by atoms with Crippen LogP contribution in [0.2, 0.25) is 10.0 Å². The van der Waals surface area contributed by atoms with E-state index in [9.17, 15) is 18.3 Å². The molecule has 0 saturated carbocycles. The molecule has 0 aliphatic rings. The van der Waals surface area contributed by atoms with Crippen LogP contribution in [0.5, 0.6) is 17.5 Å². The zero-order valence-electron chi connectivity index (χ0n) is 13.7. The first-order valence-electron chi connectivity index (χ1n) is 7.57. The van der Waals surface area contributed by atoms with Gasteiger partial charge in [0.05, 0.1) is 16.2 Å². The van der Waals surface area contributed by atoms with Gasteiger partial charge in [-0.1, -0.05) is 40.4 Å². The maximum Gasteiger partial charge on any atom is 0.573 e. The van der Waals surface area contributed by atoms with Gasteiger partial charge in [-0.15, -0.1) is 18.3 Å². The number of hydrogen-bond donors (Lipinski definition) is 1. The summed E-state index contributed by atoms with van der Waals surface area (Å²) >= 11 is 11.7. The lowest BCUT2D eigenvalue weighted by molar-refractivity contribution is -0.274. The Morgan fingerprint density at radius 1 is 1.04 bits per heavy atom. The molecule has 11 heteroatoms. The largest absolute Gasteiger partial charge is 0.573 e. The van der Waals surface area contributed by atoms with E-state index in [0.29, 0.717) is 16.8 Å². The molecule has 1 N–H and O–H groups in total. The molecule has 0 fully saturated rings. The zero-order valence-corrected chi connectivity index (χ0v) is 15.3. The number of rotatable bonds is 5. The molecule has 0 spiro atoms. The maximum atomic E-state index is 12.3. The summed E-state index contributed by atoms with van der Waals surface area (Å²) < 4.78 is 46.0. The van der Waals surface area contributed by atoms with Crippen LogP contribution in [0.4, 0.5) is 13.2 Å². The van der Waals surface area contributed by atoms with E-state index in [1.54, 1.807) is 6.07 Å². The highest BCUT2D eigenvalue weighted by Gasteiger charge is 2.31. The summed E-state index contributed by atoms with van der Waals surface area (Å²) in [6.45, 7) is -0.0903. The molecule has 3 aromatic rings. The second-order valence-electron chi connectivity index (χ2n) is 5.40. The maximum absolute atomic E-state index is 12.3. The lowest BCUT2D eigenvalue weighted by Crippen LogP contribution is -2.17. The van der Waals surface area contributed by atoms with Crippen molar-refractivity contribution >= 4 is 23.2 Å². The predicted molar refractivity (Wildman–Crippen MR) is 94.4 cm³/mol. The van der Waals surface area contributed by atoms with Gasteiger partial charge in [0.1, 0.15) is 18.1 Å². The Morgan fingerprint density at radius 3 is 2.36 bits per heavy atom. The number of nitrogens with zero attached hydrogens (tertiary/aromatic N) is 3. The molecule has 0 aliphatic carbocycles. The Labute approximate surface area is 166 Å². The van der Waals surface area contributed by atoms with Crippen molar-refractivity contribution in [2.75, 3.05) is 0 Å². The van der Waals surface area contributed by atoms with Crippen LogP contribution in [-0.4, -0.2) is 26.7 Å². The Balaban J connectivity index is 1.68. The molecule has 6 nitrogen and oxygen atoms in total. The Morgan fingerprint density at radius 2 is 1.75 bits per heavy atom. The van der Waals surface area contributed by atoms with Crippen molar-refractivity contribution < 1.29 is 27.8 Å². The minimum Gasteiger partial charge on any atom is -0.505 e. The van der Waals surface area contributed by atoms with Crippen molar-refractivity contribution in [1.29, 1.82) is 0 Å². The monoisotopic (exact) mass is 431 g/mol. The van der Waals surface area contributed by atoms with Gasteiger partial charge in [-0.2, -0.15) is 0 Å². The molecule has 0 atom stereocenters. The van der Waals surface area contributed by atoms with Crippen molar-refractivity contribution in [3.63, 3.8) is 0 Å². The Bertz CT molecular complexity index is 962. The van der Waals surface area contributed by atoms with Crippen LogP contribution in [0.25, 0.3) is 11.3 Å². The van der Waals surface area contributed by atoms with Gasteiger partial charge in [-0.25, -0.2) is 4.98 Å². The number of aromatic hydroxyl groups is 1. The van der Waals surface area contributed by atoms with E-state index >= 15 is 0 Å². The highest BCUT2D eigenvalue weighted by Crippen LogP contribution is 2.35. The smallest absolute Gasteiger partial charge is 0.505 e. The van der Waals surface area contributed by atoms with E-state index in [0.717, 1.165) is 0 Å². The molecule has 0 aliphatic heterocycles. The van der Waals surface area contributed by atoms with Crippen LogP contribution in [0.1, 0.15) is 5.56 Å². The van der Waals surface area contributed by atoms with Gasteiger partial charge >= 0.3 is 12.4 Å². The average molecular weight is 432 g/mol. The molecule has 1 heterocycles. The first-order valence-corrected chi connectivity index (χ1v) is 8.32. The van der Waals surface area contributed by atoms with E-state index in [1.165, 1.54) is 36.5 Å². The lowest BCUT2D eigenvalue weighted by Gasteiger charge is -2.10. The molecule has 0 bridgehead atoms. The van der Waals surface area contributed by atoms with Gasteiger partial charge in [0.2, 0.25) is 0 Å². The molecule has 0 saturated heterocycles. The summed E-state index contributed by atoms with van der Waals surface area (Å²) in [5.74, 6) is -0.603. The SMILES string of the molecule is Oc1c(Cl)cc(-c2cnc(OCc3cccc(OC(F)(F)F)c3)nn2)cc1Cl. The second-order valence-corrected chi connectivity index (χ2v) is 6.21. The van der Waals surface area contributed by atoms with Crippen LogP contribution in [0.15, 0.2) is 42.6 Å². The number of hydrogen-bond acceptors (Lipinski definition) is 6. The minimum absolute atomic E-state index is 0.0468.